The number of aliphatic carboxylic acids is 1. The molecule has 3 nitrogen and oxygen atoms in total. The van der Waals surface area contributed by atoms with Gasteiger partial charge in [-0.3, -0.25) is 9.59 Å². The minimum absolute atomic E-state index is 0.0845. The zero-order valence-electron chi connectivity index (χ0n) is 9.04. The molecule has 2 unspecified atom stereocenters. The third-order valence-corrected chi connectivity index (χ3v) is 3.43. The number of rotatable bonds is 2. The molecule has 1 rings (SSSR count). The van der Waals surface area contributed by atoms with E-state index in [1.54, 1.807) is 0 Å². The highest BCUT2D eigenvalue weighted by molar-refractivity contribution is 6.03. The van der Waals surface area contributed by atoms with Crippen molar-refractivity contribution >= 4 is 11.8 Å². The van der Waals surface area contributed by atoms with Crippen LogP contribution in [0.25, 0.3) is 0 Å². The van der Waals surface area contributed by atoms with E-state index in [0.717, 1.165) is 6.42 Å². The first-order valence-electron chi connectivity index (χ1n) is 5.18. The van der Waals surface area contributed by atoms with Gasteiger partial charge in [-0.05, 0) is 24.7 Å². The summed E-state index contributed by atoms with van der Waals surface area (Å²) in [5.74, 6) is -0.795. The van der Waals surface area contributed by atoms with Crippen molar-refractivity contribution in [3.05, 3.63) is 0 Å². The average molecular weight is 198 g/mol. The Balaban J connectivity index is 2.99. The van der Waals surface area contributed by atoms with E-state index in [0.29, 0.717) is 18.8 Å². The fourth-order valence-corrected chi connectivity index (χ4v) is 2.30. The van der Waals surface area contributed by atoms with Crippen LogP contribution in [0.5, 0.6) is 0 Å². The third kappa shape index (κ3) is 1.56. The molecule has 0 aromatic rings. The van der Waals surface area contributed by atoms with Crippen molar-refractivity contribution in [3.8, 4) is 0 Å². The van der Waals surface area contributed by atoms with Gasteiger partial charge in [0.2, 0.25) is 0 Å². The number of carboxylic acids is 1. The monoisotopic (exact) mass is 198 g/mol. The number of carboxylic acid groups (broad SMARTS) is 1. The van der Waals surface area contributed by atoms with E-state index < -0.39 is 11.4 Å². The van der Waals surface area contributed by atoms with Crippen molar-refractivity contribution in [1.29, 1.82) is 0 Å². The van der Waals surface area contributed by atoms with E-state index >= 15 is 0 Å². The summed E-state index contributed by atoms with van der Waals surface area (Å²) in [4.78, 5) is 23.0. The zero-order valence-corrected chi connectivity index (χ0v) is 9.04. The number of carbonyl (C=O) groups is 2. The van der Waals surface area contributed by atoms with Gasteiger partial charge in [0.25, 0.3) is 0 Å². The maximum atomic E-state index is 11.8. The fourth-order valence-electron chi connectivity index (χ4n) is 2.30. The first kappa shape index (κ1) is 11.2. The van der Waals surface area contributed by atoms with Gasteiger partial charge in [-0.2, -0.15) is 0 Å². The Labute approximate surface area is 84.5 Å². The molecule has 14 heavy (non-hydrogen) atoms. The van der Waals surface area contributed by atoms with Crippen molar-refractivity contribution in [1.82, 2.24) is 0 Å². The number of hydrogen-bond acceptors (Lipinski definition) is 2. The summed E-state index contributed by atoms with van der Waals surface area (Å²) in [5, 5.41) is 9.20. The quantitative estimate of drug-likeness (QED) is 0.691. The van der Waals surface area contributed by atoms with Crippen LogP contribution in [-0.2, 0) is 9.59 Å². The van der Waals surface area contributed by atoms with Crippen LogP contribution in [0.3, 0.4) is 0 Å². The molecule has 0 radical (unpaired) electrons. The molecule has 1 fully saturated rings. The second kappa shape index (κ2) is 3.71. The van der Waals surface area contributed by atoms with Crippen LogP contribution in [0.2, 0.25) is 0 Å². The van der Waals surface area contributed by atoms with Gasteiger partial charge in [0.15, 0.2) is 5.78 Å². The molecular weight excluding hydrogens is 180 g/mol. The van der Waals surface area contributed by atoms with Crippen LogP contribution >= 0.6 is 0 Å². The molecule has 1 aliphatic rings. The van der Waals surface area contributed by atoms with Gasteiger partial charge in [-0.15, -0.1) is 0 Å². The zero-order chi connectivity index (χ0) is 10.9. The van der Waals surface area contributed by atoms with Crippen molar-refractivity contribution in [2.45, 2.75) is 40.0 Å². The van der Waals surface area contributed by atoms with Crippen molar-refractivity contribution in [3.63, 3.8) is 0 Å². The Bertz CT molecular complexity index is 257. The van der Waals surface area contributed by atoms with E-state index in [1.807, 2.05) is 20.8 Å². The number of carbonyl (C=O) groups excluding carboxylic acids is 1. The molecule has 0 aromatic carbocycles. The fraction of sp³-hybridized carbons (Fsp3) is 0.818. The van der Waals surface area contributed by atoms with Gasteiger partial charge in [-0.1, -0.05) is 20.8 Å². The molecule has 3 heteroatoms. The van der Waals surface area contributed by atoms with Crippen LogP contribution in [0, 0.1) is 17.3 Å². The van der Waals surface area contributed by atoms with Gasteiger partial charge in [-0.25, -0.2) is 0 Å². The van der Waals surface area contributed by atoms with E-state index in [2.05, 4.69) is 0 Å². The second-order valence-electron chi connectivity index (χ2n) is 4.70. The lowest BCUT2D eigenvalue weighted by Gasteiger charge is -2.37. The number of hydrogen-bond donors (Lipinski definition) is 1. The van der Waals surface area contributed by atoms with Gasteiger partial charge in [0, 0.05) is 6.42 Å². The molecule has 0 saturated heterocycles. The summed E-state index contributed by atoms with van der Waals surface area (Å²) in [5.41, 5.74) is -1.10. The summed E-state index contributed by atoms with van der Waals surface area (Å²) in [6.07, 6.45) is 1.76. The van der Waals surface area contributed by atoms with E-state index in [4.69, 9.17) is 0 Å². The van der Waals surface area contributed by atoms with Crippen LogP contribution in [0.15, 0.2) is 0 Å². The molecule has 0 aromatic heterocycles. The third-order valence-electron chi connectivity index (χ3n) is 3.43. The molecule has 2 atom stereocenters. The number of ketones is 1. The Morgan fingerprint density at radius 2 is 2.14 bits per heavy atom. The Morgan fingerprint density at radius 1 is 1.57 bits per heavy atom. The molecular formula is C11H18O3. The van der Waals surface area contributed by atoms with Crippen molar-refractivity contribution in [2.75, 3.05) is 0 Å². The summed E-state index contributed by atoms with van der Waals surface area (Å²) in [6, 6.07) is 0. The molecule has 0 spiro atoms. The highest BCUT2D eigenvalue weighted by Gasteiger charge is 2.50. The van der Waals surface area contributed by atoms with Crippen LogP contribution in [-0.4, -0.2) is 16.9 Å². The maximum absolute atomic E-state index is 11.8. The summed E-state index contributed by atoms with van der Waals surface area (Å²) >= 11 is 0. The van der Waals surface area contributed by atoms with Crippen LogP contribution in [0.4, 0.5) is 0 Å². The van der Waals surface area contributed by atoms with Crippen molar-refractivity contribution in [2.24, 2.45) is 17.3 Å². The molecule has 0 amide bonds. The standard InChI is InChI=1S/C11H18O3/c1-7(2)11(10(13)14)5-4-8(3)6-9(11)12/h7-8H,4-6H2,1-3H3,(H,13,14). The molecule has 80 valence electrons. The SMILES string of the molecule is CC1CCC(C(=O)O)(C(C)C)C(=O)C1. The minimum atomic E-state index is -1.10. The average Bonchev–Trinajstić information content (AvgIpc) is 2.02. The van der Waals surface area contributed by atoms with Gasteiger partial charge < -0.3 is 5.11 Å². The molecule has 0 aliphatic heterocycles. The molecule has 1 saturated carbocycles. The van der Waals surface area contributed by atoms with Crippen LogP contribution < -0.4 is 0 Å². The lowest BCUT2D eigenvalue weighted by Crippen LogP contribution is -2.47. The normalized spacial score (nSPS) is 33.4. The minimum Gasteiger partial charge on any atom is -0.480 e. The number of Topliss-reactive ketones (excluding diaryl/α,β-unsaturated/α-hetero) is 1. The second-order valence-corrected chi connectivity index (χ2v) is 4.70. The smallest absolute Gasteiger partial charge is 0.317 e. The highest BCUT2D eigenvalue weighted by Crippen LogP contribution is 2.41. The predicted octanol–water partition coefficient (Wildman–Crippen LogP) is 2.10. The largest absolute Gasteiger partial charge is 0.480 e. The van der Waals surface area contributed by atoms with E-state index in [1.165, 1.54) is 0 Å². The van der Waals surface area contributed by atoms with Gasteiger partial charge >= 0.3 is 5.97 Å². The summed E-state index contributed by atoms with van der Waals surface area (Å²) in [7, 11) is 0. The Hall–Kier alpha value is -0.860. The summed E-state index contributed by atoms with van der Waals surface area (Å²) < 4.78 is 0. The lowest BCUT2D eigenvalue weighted by molar-refractivity contribution is -0.161. The molecule has 1 aliphatic carbocycles. The molecule has 0 bridgehead atoms. The van der Waals surface area contributed by atoms with E-state index in [-0.39, 0.29) is 11.7 Å². The first-order valence-corrected chi connectivity index (χ1v) is 5.18. The molecule has 0 heterocycles. The maximum Gasteiger partial charge on any atom is 0.317 e. The first-order chi connectivity index (χ1) is 6.41. The Kier molecular flexibility index (Phi) is 2.98. The van der Waals surface area contributed by atoms with Crippen LogP contribution in [0.1, 0.15) is 40.0 Å². The predicted molar refractivity (Wildman–Crippen MR) is 52.9 cm³/mol. The van der Waals surface area contributed by atoms with Crippen molar-refractivity contribution < 1.29 is 14.7 Å². The van der Waals surface area contributed by atoms with E-state index in [9.17, 15) is 14.7 Å². The highest BCUT2D eigenvalue weighted by atomic mass is 16.4. The summed E-state index contributed by atoms with van der Waals surface area (Å²) in [6.45, 7) is 5.65. The van der Waals surface area contributed by atoms with Gasteiger partial charge in [0.1, 0.15) is 5.41 Å². The lowest BCUT2D eigenvalue weighted by atomic mass is 9.64. The van der Waals surface area contributed by atoms with Gasteiger partial charge in [0.05, 0.1) is 0 Å². The topological polar surface area (TPSA) is 54.4 Å². The Morgan fingerprint density at radius 3 is 2.50 bits per heavy atom. The molecule has 1 N–H and O–H groups in total.